The quantitative estimate of drug-likeness (QED) is 0.872. The maximum atomic E-state index is 12.4. The van der Waals surface area contributed by atoms with Crippen molar-refractivity contribution in [3.63, 3.8) is 0 Å². The predicted octanol–water partition coefficient (Wildman–Crippen LogP) is 1.85. The average molecular weight is 281 g/mol. The van der Waals surface area contributed by atoms with Gasteiger partial charge in [0.05, 0.1) is 13.0 Å². The van der Waals surface area contributed by atoms with E-state index < -0.39 is 0 Å². The highest BCUT2D eigenvalue weighted by Crippen LogP contribution is 2.21. The van der Waals surface area contributed by atoms with Crippen molar-refractivity contribution in [1.82, 2.24) is 9.88 Å². The Morgan fingerprint density at radius 1 is 1.19 bits per heavy atom. The zero-order valence-corrected chi connectivity index (χ0v) is 11.7. The molecule has 0 unspecified atom stereocenters. The average Bonchev–Trinajstić information content (AvgIpc) is 2.52. The van der Waals surface area contributed by atoms with E-state index in [1.54, 1.807) is 19.3 Å². The molecule has 0 bridgehead atoms. The van der Waals surface area contributed by atoms with Gasteiger partial charge >= 0.3 is 0 Å². The highest BCUT2D eigenvalue weighted by Gasteiger charge is 2.30. The number of nitrogens with zero attached hydrogens (tertiary/aromatic N) is 2. The molecule has 5 nitrogen and oxygen atoms in total. The van der Waals surface area contributed by atoms with Gasteiger partial charge in [-0.1, -0.05) is 24.3 Å². The van der Waals surface area contributed by atoms with Crippen LogP contribution in [0.3, 0.4) is 0 Å². The minimum atomic E-state index is -0.237. The van der Waals surface area contributed by atoms with E-state index >= 15 is 0 Å². The highest BCUT2D eigenvalue weighted by atomic mass is 16.2. The minimum Gasteiger partial charge on any atom is -0.373 e. The van der Waals surface area contributed by atoms with Crippen LogP contribution in [0.5, 0.6) is 0 Å². The largest absolute Gasteiger partial charge is 0.373 e. The summed E-state index contributed by atoms with van der Waals surface area (Å²) in [6.45, 7) is 0.253. The van der Waals surface area contributed by atoms with Crippen LogP contribution in [0.2, 0.25) is 0 Å². The molecular formula is C16H15N3O2. The van der Waals surface area contributed by atoms with E-state index in [4.69, 9.17) is 0 Å². The topological polar surface area (TPSA) is 62.3 Å². The molecule has 0 radical (unpaired) electrons. The summed E-state index contributed by atoms with van der Waals surface area (Å²) in [7, 11) is 1.79. The van der Waals surface area contributed by atoms with Gasteiger partial charge in [-0.25, -0.2) is 4.98 Å². The van der Waals surface area contributed by atoms with Crippen LogP contribution in [0.15, 0.2) is 42.6 Å². The fourth-order valence-electron chi connectivity index (χ4n) is 2.41. The van der Waals surface area contributed by atoms with Crippen LogP contribution < -0.4 is 5.32 Å². The maximum Gasteiger partial charge on any atom is 0.261 e. The molecule has 3 rings (SSSR count). The van der Waals surface area contributed by atoms with Gasteiger partial charge in [0, 0.05) is 18.8 Å². The van der Waals surface area contributed by atoms with Crippen LogP contribution in [-0.4, -0.2) is 28.7 Å². The van der Waals surface area contributed by atoms with Crippen LogP contribution in [0.1, 0.15) is 21.5 Å². The minimum absolute atomic E-state index is 0.170. The fourth-order valence-corrected chi connectivity index (χ4v) is 2.41. The number of aromatic nitrogens is 1. The molecule has 2 aromatic rings. The molecular weight excluding hydrogens is 266 g/mol. The molecule has 21 heavy (non-hydrogen) atoms. The van der Waals surface area contributed by atoms with Gasteiger partial charge in [-0.05, 0) is 23.3 Å². The number of fused-ring (bicyclic) bond motifs is 1. The van der Waals surface area contributed by atoms with Gasteiger partial charge in [-0.15, -0.1) is 0 Å². The highest BCUT2D eigenvalue weighted by molar-refractivity contribution is 6.09. The standard InChI is InChI=1S/C16H15N3O2/c1-17-14-7-6-11(9-18-14)10-19-15(20)8-12-4-2-3-5-13(12)16(19)21/h2-7,9H,8,10H2,1H3,(H,17,18). The molecule has 0 atom stereocenters. The first-order chi connectivity index (χ1) is 10.2. The first kappa shape index (κ1) is 13.3. The normalized spacial score (nSPS) is 14.0. The van der Waals surface area contributed by atoms with Gasteiger partial charge in [-0.3, -0.25) is 14.5 Å². The van der Waals surface area contributed by atoms with Gasteiger partial charge in [0.15, 0.2) is 0 Å². The number of amides is 2. The molecule has 5 heteroatoms. The Hall–Kier alpha value is -2.69. The van der Waals surface area contributed by atoms with Gasteiger partial charge in [-0.2, -0.15) is 0 Å². The molecule has 106 valence electrons. The molecule has 1 aliphatic heterocycles. The fraction of sp³-hybridized carbons (Fsp3) is 0.188. The van der Waals surface area contributed by atoms with E-state index in [1.807, 2.05) is 30.3 Å². The molecule has 1 aromatic heterocycles. The Kier molecular flexibility index (Phi) is 3.39. The smallest absolute Gasteiger partial charge is 0.261 e. The first-order valence-electron chi connectivity index (χ1n) is 6.74. The number of hydrogen-bond donors (Lipinski definition) is 1. The summed E-state index contributed by atoms with van der Waals surface area (Å²) in [6, 6.07) is 10.9. The van der Waals surface area contributed by atoms with Crippen molar-refractivity contribution in [2.75, 3.05) is 12.4 Å². The van der Waals surface area contributed by atoms with E-state index in [0.29, 0.717) is 5.56 Å². The number of nitrogens with one attached hydrogen (secondary N) is 1. The van der Waals surface area contributed by atoms with Gasteiger partial charge in [0.25, 0.3) is 5.91 Å². The summed E-state index contributed by atoms with van der Waals surface area (Å²) in [5.74, 6) is 0.344. The zero-order chi connectivity index (χ0) is 14.8. The third-order valence-corrected chi connectivity index (χ3v) is 3.56. The molecule has 2 heterocycles. The van der Waals surface area contributed by atoms with Crippen LogP contribution in [0.4, 0.5) is 5.82 Å². The van der Waals surface area contributed by atoms with Crippen LogP contribution >= 0.6 is 0 Å². The number of rotatable bonds is 3. The lowest BCUT2D eigenvalue weighted by Crippen LogP contribution is -2.41. The number of imide groups is 1. The zero-order valence-electron chi connectivity index (χ0n) is 11.7. The number of benzene rings is 1. The van der Waals surface area contributed by atoms with Crippen LogP contribution in [-0.2, 0) is 17.8 Å². The lowest BCUT2D eigenvalue weighted by atomic mass is 9.98. The Balaban J connectivity index is 1.85. The molecule has 2 amide bonds. The number of carbonyl (C=O) groups is 2. The second-order valence-corrected chi connectivity index (χ2v) is 4.92. The molecule has 0 spiro atoms. The first-order valence-corrected chi connectivity index (χ1v) is 6.74. The van der Waals surface area contributed by atoms with Crippen LogP contribution in [0.25, 0.3) is 0 Å². The van der Waals surface area contributed by atoms with Crippen molar-refractivity contribution in [2.45, 2.75) is 13.0 Å². The van der Waals surface area contributed by atoms with Crippen molar-refractivity contribution in [1.29, 1.82) is 0 Å². The van der Waals surface area contributed by atoms with Gasteiger partial charge < -0.3 is 5.32 Å². The molecule has 0 aliphatic carbocycles. The van der Waals surface area contributed by atoms with Crippen molar-refractivity contribution >= 4 is 17.6 Å². The molecule has 1 aromatic carbocycles. The molecule has 1 N–H and O–H groups in total. The summed E-state index contributed by atoms with van der Waals surface area (Å²) in [5.41, 5.74) is 2.24. The number of anilines is 1. The number of pyridine rings is 1. The van der Waals surface area contributed by atoms with Crippen molar-refractivity contribution in [3.8, 4) is 0 Å². The van der Waals surface area contributed by atoms with Crippen molar-refractivity contribution in [3.05, 3.63) is 59.3 Å². The monoisotopic (exact) mass is 281 g/mol. The predicted molar refractivity (Wildman–Crippen MR) is 78.8 cm³/mol. The SMILES string of the molecule is CNc1ccc(CN2C(=O)Cc3ccccc3C2=O)cn1. The number of hydrogen-bond acceptors (Lipinski definition) is 4. The summed E-state index contributed by atoms with van der Waals surface area (Å²) >= 11 is 0. The summed E-state index contributed by atoms with van der Waals surface area (Å²) in [6.07, 6.45) is 1.94. The van der Waals surface area contributed by atoms with E-state index in [2.05, 4.69) is 10.3 Å². The van der Waals surface area contributed by atoms with E-state index in [1.165, 1.54) is 4.90 Å². The Labute approximate surface area is 122 Å². The lowest BCUT2D eigenvalue weighted by Gasteiger charge is -2.26. The van der Waals surface area contributed by atoms with E-state index in [0.717, 1.165) is 16.9 Å². The van der Waals surface area contributed by atoms with E-state index in [-0.39, 0.29) is 24.8 Å². The van der Waals surface area contributed by atoms with Crippen molar-refractivity contribution < 1.29 is 9.59 Å². The van der Waals surface area contributed by atoms with Gasteiger partial charge in [0.2, 0.25) is 5.91 Å². The summed E-state index contributed by atoms with van der Waals surface area (Å²) in [5, 5.41) is 2.93. The Morgan fingerprint density at radius 3 is 2.71 bits per heavy atom. The third kappa shape index (κ3) is 2.50. The van der Waals surface area contributed by atoms with E-state index in [9.17, 15) is 9.59 Å². The third-order valence-electron chi connectivity index (χ3n) is 3.56. The Morgan fingerprint density at radius 2 is 2.00 bits per heavy atom. The molecule has 0 fully saturated rings. The maximum absolute atomic E-state index is 12.4. The second kappa shape index (κ2) is 5.36. The Bertz CT molecular complexity index is 695. The lowest BCUT2D eigenvalue weighted by molar-refractivity contribution is -0.128. The second-order valence-electron chi connectivity index (χ2n) is 4.92. The van der Waals surface area contributed by atoms with Crippen molar-refractivity contribution in [2.24, 2.45) is 0 Å². The summed E-state index contributed by atoms with van der Waals surface area (Å²) in [4.78, 5) is 30.1. The van der Waals surface area contributed by atoms with Gasteiger partial charge in [0.1, 0.15) is 5.82 Å². The molecule has 0 saturated heterocycles. The molecule has 0 saturated carbocycles. The summed E-state index contributed by atoms with van der Waals surface area (Å²) < 4.78 is 0. The molecule has 1 aliphatic rings. The van der Waals surface area contributed by atoms with Crippen LogP contribution in [0, 0.1) is 0 Å². The number of carbonyl (C=O) groups excluding carboxylic acids is 2.